The smallest absolute Gasteiger partial charge is 0.0917 e. The summed E-state index contributed by atoms with van der Waals surface area (Å²) in [6.07, 6.45) is 1.53. The number of rotatable bonds is 5. The van der Waals surface area contributed by atoms with Crippen molar-refractivity contribution in [2.75, 3.05) is 6.54 Å². The van der Waals surface area contributed by atoms with Crippen LogP contribution in [0, 0.1) is 13.8 Å². The third-order valence-electron chi connectivity index (χ3n) is 3.32. The zero-order valence-electron chi connectivity index (χ0n) is 11.7. The number of aromatic nitrogens is 2. The topological polar surface area (TPSA) is 50.1 Å². The molecule has 0 amide bonds. The van der Waals surface area contributed by atoms with Crippen molar-refractivity contribution >= 4 is 0 Å². The molecule has 0 aliphatic heterocycles. The quantitative estimate of drug-likeness (QED) is 0.861. The van der Waals surface area contributed by atoms with Crippen molar-refractivity contribution in [3.8, 4) is 0 Å². The van der Waals surface area contributed by atoms with E-state index in [2.05, 4.69) is 10.4 Å². The Labute approximate surface area is 114 Å². The van der Waals surface area contributed by atoms with Gasteiger partial charge in [0, 0.05) is 31.9 Å². The van der Waals surface area contributed by atoms with Crippen molar-refractivity contribution in [1.82, 2.24) is 15.1 Å². The monoisotopic (exact) mass is 259 g/mol. The van der Waals surface area contributed by atoms with Crippen molar-refractivity contribution in [3.05, 3.63) is 52.8 Å². The molecular formula is C15H21N3O. The SMILES string of the molecule is Cc1ccccc1C(O)CNCc1cn(C)nc1C. The highest BCUT2D eigenvalue weighted by Gasteiger charge is 2.10. The third kappa shape index (κ3) is 3.43. The maximum Gasteiger partial charge on any atom is 0.0917 e. The molecule has 0 fully saturated rings. The highest BCUT2D eigenvalue weighted by molar-refractivity contribution is 5.27. The molecule has 4 nitrogen and oxygen atoms in total. The van der Waals surface area contributed by atoms with Gasteiger partial charge in [-0.15, -0.1) is 0 Å². The first-order chi connectivity index (χ1) is 9.08. The standard InChI is InChI=1S/C15H21N3O/c1-11-6-4-5-7-14(11)15(19)9-16-8-13-10-18(3)17-12(13)2/h4-7,10,15-16,19H,8-9H2,1-3H3. The maximum absolute atomic E-state index is 10.2. The van der Waals surface area contributed by atoms with Crippen LogP contribution in [0.5, 0.6) is 0 Å². The van der Waals surface area contributed by atoms with Crippen LogP contribution in [0.1, 0.15) is 28.5 Å². The van der Waals surface area contributed by atoms with Crippen LogP contribution in [0.3, 0.4) is 0 Å². The fourth-order valence-corrected chi connectivity index (χ4v) is 2.24. The lowest BCUT2D eigenvalue weighted by Gasteiger charge is -2.14. The minimum absolute atomic E-state index is 0.474. The van der Waals surface area contributed by atoms with E-state index in [9.17, 15) is 5.11 Å². The van der Waals surface area contributed by atoms with Gasteiger partial charge in [-0.05, 0) is 25.0 Å². The van der Waals surface area contributed by atoms with Crippen LogP contribution in [0.25, 0.3) is 0 Å². The van der Waals surface area contributed by atoms with E-state index in [0.717, 1.165) is 23.4 Å². The predicted molar refractivity (Wildman–Crippen MR) is 75.8 cm³/mol. The molecule has 1 aromatic carbocycles. The van der Waals surface area contributed by atoms with Crippen LogP contribution in [0.2, 0.25) is 0 Å². The number of aliphatic hydroxyl groups excluding tert-OH is 1. The lowest BCUT2D eigenvalue weighted by atomic mass is 10.0. The third-order valence-corrected chi connectivity index (χ3v) is 3.32. The summed E-state index contributed by atoms with van der Waals surface area (Å²) in [7, 11) is 1.92. The minimum atomic E-state index is -0.474. The molecule has 0 aliphatic rings. The average Bonchev–Trinajstić information content (AvgIpc) is 2.68. The molecular weight excluding hydrogens is 238 g/mol. The molecule has 0 spiro atoms. The van der Waals surface area contributed by atoms with Gasteiger partial charge in [-0.3, -0.25) is 4.68 Å². The van der Waals surface area contributed by atoms with Gasteiger partial charge in [-0.1, -0.05) is 24.3 Å². The van der Waals surface area contributed by atoms with E-state index < -0.39 is 6.10 Å². The van der Waals surface area contributed by atoms with E-state index in [1.54, 1.807) is 0 Å². The summed E-state index contributed by atoms with van der Waals surface area (Å²) in [5.41, 5.74) is 4.30. The Kier molecular flexibility index (Phi) is 4.35. The molecule has 2 N–H and O–H groups in total. The molecule has 1 heterocycles. The van der Waals surface area contributed by atoms with Gasteiger partial charge in [0.2, 0.25) is 0 Å². The number of hydrogen-bond donors (Lipinski definition) is 2. The second kappa shape index (κ2) is 5.99. The summed E-state index contributed by atoms with van der Waals surface area (Å²) in [5.74, 6) is 0. The minimum Gasteiger partial charge on any atom is -0.387 e. The summed E-state index contributed by atoms with van der Waals surface area (Å²) in [6.45, 7) is 5.28. The lowest BCUT2D eigenvalue weighted by Crippen LogP contribution is -2.21. The van der Waals surface area contributed by atoms with Crippen molar-refractivity contribution < 1.29 is 5.11 Å². The van der Waals surface area contributed by atoms with Crippen molar-refractivity contribution in [2.24, 2.45) is 7.05 Å². The van der Waals surface area contributed by atoms with Crippen LogP contribution in [0.4, 0.5) is 0 Å². The summed E-state index contributed by atoms with van der Waals surface area (Å²) in [4.78, 5) is 0. The van der Waals surface area contributed by atoms with Gasteiger partial charge in [-0.2, -0.15) is 5.10 Å². The van der Waals surface area contributed by atoms with Crippen molar-refractivity contribution in [3.63, 3.8) is 0 Å². The largest absolute Gasteiger partial charge is 0.387 e. The summed E-state index contributed by atoms with van der Waals surface area (Å²) < 4.78 is 1.81. The zero-order chi connectivity index (χ0) is 13.8. The molecule has 19 heavy (non-hydrogen) atoms. The zero-order valence-corrected chi connectivity index (χ0v) is 11.7. The molecule has 2 aromatic rings. The van der Waals surface area contributed by atoms with E-state index in [4.69, 9.17) is 0 Å². The summed E-state index contributed by atoms with van der Waals surface area (Å²) in [5, 5.41) is 17.7. The Morgan fingerprint density at radius 2 is 2.05 bits per heavy atom. The Morgan fingerprint density at radius 1 is 1.32 bits per heavy atom. The number of benzene rings is 1. The molecule has 0 bridgehead atoms. The molecule has 1 aromatic heterocycles. The van der Waals surface area contributed by atoms with Crippen molar-refractivity contribution in [2.45, 2.75) is 26.5 Å². The molecule has 2 rings (SSSR count). The fourth-order valence-electron chi connectivity index (χ4n) is 2.24. The lowest BCUT2D eigenvalue weighted by molar-refractivity contribution is 0.173. The fraction of sp³-hybridized carbons (Fsp3) is 0.400. The number of hydrogen-bond acceptors (Lipinski definition) is 3. The Balaban J connectivity index is 1.89. The summed E-state index contributed by atoms with van der Waals surface area (Å²) in [6, 6.07) is 7.93. The first kappa shape index (κ1) is 13.8. The molecule has 0 saturated carbocycles. The van der Waals surface area contributed by atoms with Crippen LogP contribution >= 0.6 is 0 Å². The first-order valence-electron chi connectivity index (χ1n) is 6.51. The highest BCUT2D eigenvalue weighted by Crippen LogP contribution is 2.16. The van der Waals surface area contributed by atoms with E-state index in [1.165, 1.54) is 5.56 Å². The second-order valence-corrected chi connectivity index (χ2v) is 4.92. The Bertz CT molecular complexity index is 548. The molecule has 1 atom stereocenters. The van der Waals surface area contributed by atoms with Crippen LogP contribution in [-0.2, 0) is 13.6 Å². The summed E-state index contributed by atoms with van der Waals surface area (Å²) >= 11 is 0. The van der Waals surface area contributed by atoms with Gasteiger partial charge in [-0.25, -0.2) is 0 Å². The van der Waals surface area contributed by atoms with Crippen LogP contribution in [0.15, 0.2) is 30.5 Å². The Morgan fingerprint density at radius 3 is 2.68 bits per heavy atom. The van der Waals surface area contributed by atoms with Gasteiger partial charge in [0.15, 0.2) is 0 Å². The van der Waals surface area contributed by atoms with Crippen LogP contribution in [-0.4, -0.2) is 21.4 Å². The molecule has 0 radical (unpaired) electrons. The molecule has 0 aliphatic carbocycles. The number of nitrogens with one attached hydrogen (secondary N) is 1. The van der Waals surface area contributed by atoms with Gasteiger partial charge in [0.25, 0.3) is 0 Å². The van der Waals surface area contributed by atoms with Crippen molar-refractivity contribution in [1.29, 1.82) is 0 Å². The second-order valence-electron chi connectivity index (χ2n) is 4.92. The molecule has 4 heteroatoms. The normalized spacial score (nSPS) is 12.6. The average molecular weight is 259 g/mol. The van der Waals surface area contributed by atoms with Gasteiger partial charge in [0.05, 0.1) is 11.8 Å². The van der Waals surface area contributed by atoms with Crippen LogP contribution < -0.4 is 5.32 Å². The maximum atomic E-state index is 10.2. The van der Waals surface area contributed by atoms with Gasteiger partial charge >= 0.3 is 0 Å². The number of aryl methyl sites for hydroxylation is 3. The van der Waals surface area contributed by atoms with Gasteiger partial charge in [0.1, 0.15) is 0 Å². The molecule has 1 unspecified atom stereocenters. The van der Waals surface area contributed by atoms with E-state index in [-0.39, 0.29) is 0 Å². The van der Waals surface area contributed by atoms with E-state index in [1.807, 2.05) is 56.0 Å². The number of aliphatic hydroxyl groups is 1. The van der Waals surface area contributed by atoms with E-state index in [0.29, 0.717) is 6.54 Å². The first-order valence-corrected chi connectivity index (χ1v) is 6.51. The molecule has 102 valence electrons. The number of nitrogens with zero attached hydrogens (tertiary/aromatic N) is 2. The van der Waals surface area contributed by atoms with E-state index >= 15 is 0 Å². The predicted octanol–water partition coefficient (Wildman–Crippen LogP) is 1.86. The van der Waals surface area contributed by atoms with Gasteiger partial charge < -0.3 is 10.4 Å². The Hall–Kier alpha value is -1.65. The highest BCUT2D eigenvalue weighted by atomic mass is 16.3. The molecule has 0 saturated heterocycles.